The van der Waals surface area contributed by atoms with Gasteiger partial charge < -0.3 is 14.6 Å². The van der Waals surface area contributed by atoms with Gasteiger partial charge in [0.2, 0.25) is 0 Å². The zero-order valence-corrected chi connectivity index (χ0v) is 10.5. The van der Waals surface area contributed by atoms with Crippen LogP contribution in [-0.4, -0.2) is 18.8 Å². The number of hydrogen-bond donors (Lipinski definition) is 1. The lowest BCUT2D eigenvalue weighted by atomic mass is 10.0. The molecule has 2 rings (SSSR count). The SMILES string of the molecule is CCOc1ccc(-c2cc(OC)ccc2O)cc1. The number of phenolic OH excluding ortho intramolecular Hbond substituents is 1. The molecule has 0 fully saturated rings. The first kappa shape index (κ1) is 12.3. The van der Waals surface area contributed by atoms with Crippen molar-refractivity contribution >= 4 is 0 Å². The van der Waals surface area contributed by atoms with Crippen LogP contribution in [-0.2, 0) is 0 Å². The zero-order valence-electron chi connectivity index (χ0n) is 10.5. The van der Waals surface area contributed by atoms with E-state index in [1.54, 1.807) is 19.2 Å². The Hall–Kier alpha value is -2.16. The maximum absolute atomic E-state index is 9.87. The molecule has 18 heavy (non-hydrogen) atoms. The second-order valence-electron chi connectivity index (χ2n) is 3.84. The third-order valence-electron chi connectivity index (χ3n) is 2.68. The number of phenols is 1. The van der Waals surface area contributed by atoms with Gasteiger partial charge in [0.05, 0.1) is 13.7 Å². The van der Waals surface area contributed by atoms with Gasteiger partial charge in [-0.05, 0) is 42.8 Å². The largest absolute Gasteiger partial charge is 0.507 e. The summed E-state index contributed by atoms with van der Waals surface area (Å²) in [4.78, 5) is 0. The first-order chi connectivity index (χ1) is 8.74. The molecule has 0 unspecified atom stereocenters. The molecule has 0 saturated heterocycles. The molecule has 0 spiro atoms. The van der Waals surface area contributed by atoms with Gasteiger partial charge in [-0.2, -0.15) is 0 Å². The van der Waals surface area contributed by atoms with Crippen molar-refractivity contribution in [1.29, 1.82) is 0 Å². The zero-order chi connectivity index (χ0) is 13.0. The number of benzene rings is 2. The van der Waals surface area contributed by atoms with Gasteiger partial charge in [-0.25, -0.2) is 0 Å². The van der Waals surface area contributed by atoms with E-state index in [-0.39, 0.29) is 5.75 Å². The van der Waals surface area contributed by atoms with Gasteiger partial charge in [0.15, 0.2) is 0 Å². The van der Waals surface area contributed by atoms with Crippen molar-refractivity contribution in [2.75, 3.05) is 13.7 Å². The predicted octanol–water partition coefficient (Wildman–Crippen LogP) is 3.47. The monoisotopic (exact) mass is 244 g/mol. The fourth-order valence-corrected chi connectivity index (χ4v) is 1.77. The Kier molecular flexibility index (Phi) is 3.72. The molecule has 0 aliphatic carbocycles. The maximum Gasteiger partial charge on any atom is 0.123 e. The van der Waals surface area contributed by atoms with Gasteiger partial charge >= 0.3 is 0 Å². The van der Waals surface area contributed by atoms with E-state index in [1.165, 1.54) is 0 Å². The van der Waals surface area contributed by atoms with Crippen molar-refractivity contribution in [3.8, 4) is 28.4 Å². The summed E-state index contributed by atoms with van der Waals surface area (Å²) in [5.74, 6) is 1.78. The number of hydrogen-bond acceptors (Lipinski definition) is 3. The summed E-state index contributed by atoms with van der Waals surface area (Å²) >= 11 is 0. The summed E-state index contributed by atoms with van der Waals surface area (Å²) in [5.41, 5.74) is 1.67. The molecule has 0 aliphatic rings. The van der Waals surface area contributed by atoms with Crippen LogP contribution < -0.4 is 9.47 Å². The Bertz CT molecular complexity index is 518. The molecule has 3 nitrogen and oxygen atoms in total. The summed E-state index contributed by atoms with van der Waals surface area (Å²) in [5, 5.41) is 9.87. The lowest BCUT2D eigenvalue weighted by Gasteiger charge is -2.08. The summed E-state index contributed by atoms with van der Waals surface area (Å²) in [6, 6.07) is 12.8. The molecule has 2 aromatic carbocycles. The van der Waals surface area contributed by atoms with Gasteiger partial charge in [-0.3, -0.25) is 0 Å². The summed E-state index contributed by atoms with van der Waals surface area (Å²) < 4.78 is 10.5. The Morgan fingerprint density at radius 2 is 1.67 bits per heavy atom. The average Bonchev–Trinajstić information content (AvgIpc) is 2.41. The smallest absolute Gasteiger partial charge is 0.123 e. The molecule has 0 saturated carbocycles. The van der Waals surface area contributed by atoms with Crippen LogP contribution >= 0.6 is 0 Å². The predicted molar refractivity (Wildman–Crippen MR) is 71.3 cm³/mol. The van der Waals surface area contributed by atoms with Crippen LogP contribution in [0.2, 0.25) is 0 Å². The Balaban J connectivity index is 2.35. The molecule has 2 aromatic rings. The van der Waals surface area contributed by atoms with E-state index in [0.29, 0.717) is 6.61 Å². The fraction of sp³-hybridized carbons (Fsp3) is 0.200. The van der Waals surface area contributed by atoms with Crippen molar-refractivity contribution in [2.45, 2.75) is 6.92 Å². The minimum atomic E-state index is 0.236. The highest BCUT2D eigenvalue weighted by atomic mass is 16.5. The summed E-state index contributed by atoms with van der Waals surface area (Å²) in [6.07, 6.45) is 0. The quantitative estimate of drug-likeness (QED) is 0.895. The molecular weight excluding hydrogens is 228 g/mol. The third kappa shape index (κ3) is 2.56. The number of methoxy groups -OCH3 is 1. The first-order valence-corrected chi connectivity index (χ1v) is 5.85. The first-order valence-electron chi connectivity index (χ1n) is 5.85. The molecule has 0 aromatic heterocycles. The summed E-state index contributed by atoms with van der Waals surface area (Å²) in [6.45, 7) is 2.59. The van der Waals surface area contributed by atoms with Crippen molar-refractivity contribution < 1.29 is 14.6 Å². The standard InChI is InChI=1S/C15H16O3/c1-3-18-12-6-4-11(5-7-12)14-10-13(17-2)8-9-15(14)16/h4-10,16H,3H2,1-2H3. The van der Waals surface area contributed by atoms with Crippen molar-refractivity contribution in [3.05, 3.63) is 42.5 Å². The van der Waals surface area contributed by atoms with E-state index < -0.39 is 0 Å². The molecular formula is C15H16O3. The Morgan fingerprint density at radius 3 is 2.28 bits per heavy atom. The van der Waals surface area contributed by atoms with Gasteiger partial charge in [0.25, 0.3) is 0 Å². The molecule has 0 bridgehead atoms. The van der Waals surface area contributed by atoms with E-state index in [2.05, 4.69) is 0 Å². The fourth-order valence-electron chi connectivity index (χ4n) is 1.77. The van der Waals surface area contributed by atoms with Crippen LogP contribution in [0.15, 0.2) is 42.5 Å². The minimum Gasteiger partial charge on any atom is -0.507 e. The van der Waals surface area contributed by atoms with E-state index in [9.17, 15) is 5.11 Å². The minimum absolute atomic E-state index is 0.236. The highest BCUT2D eigenvalue weighted by molar-refractivity contribution is 5.72. The van der Waals surface area contributed by atoms with Gasteiger partial charge in [-0.1, -0.05) is 12.1 Å². The van der Waals surface area contributed by atoms with Crippen LogP contribution in [0.3, 0.4) is 0 Å². The van der Waals surface area contributed by atoms with Crippen molar-refractivity contribution in [1.82, 2.24) is 0 Å². The van der Waals surface area contributed by atoms with Crippen molar-refractivity contribution in [2.24, 2.45) is 0 Å². The second kappa shape index (κ2) is 5.45. The van der Waals surface area contributed by atoms with Crippen LogP contribution in [0, 0.1) is 0 Å². The molecule has 0 atom stereocenters. The van der Waals surface area contributed by atoms with Crippen LogP contribution in [0.25, 0.3) is 11.1 Å². The Labute approximate surface area is 107 Å². The Morgan fingerprint density at radius 1 is 1.00 bits per heavy atom. The topological polar surface area (TPSA) is 38.7 Å². The van der Waals surface area contributed by atoms with Crippen LogP contribution in [0.1, 0.15) is 6.92 Å². The molecule has 0 heterocycles. The van der Waals surface area contributed by atoms with E-state index in [1.807, 2.05) is 37.3 Å². The highest BCUT2D eigenvalue weighted by Gasteiger charge is 2.06. The normalized spacial score (nSPS) is 10.1. The third-order valence-corrected chi connectivity index (χ3v) is 2.68. The number of rotatable bonds is 4. The van der Waals surface area contributed by atoms with E-state index in [0.717, 1.165) is 22.6 Å². The maximum atomic E-state index is 9.87. The second-order valence-corrected chi connectivity index (χ2v) is 3.84. The molecule has 94 valence electrons. The molecule has 3 heteroatoms. The van der Waals surface area contributed by atoms with Gasteiger partial charge in [0, 0.05) is 5.56 Å². The number of aromatic hydroxyl groups is 1. The molecule has 0 radical (unpaired) electrons. The van der Waals surface area contributed by atoms with Crippen LogP contribution in [0.4, 0.5) is 0 Å². The average molecular weight is 244 g/mol. The van der Waals surface area contributed by atoms with E-state index >= 15 is 0 Å². The number of ether oxygens (including phenoxy) is 2. The summed E-state index contributed by atoms with van der Waals surface area (Å²) in [7, 11) is 1.61. The van der Waals surface area contributed by atoms with E-state index in [4.69, 9.17) is 9.47 Å². The lowest BCUT2D eigenvalue weighted by molar-refractivity contribution is 0.340. The van der Waals surface area contributed by atoms with Gasteiger partial charge in [-0.15, -0.1) is 0 Å². The lowest BCUT2D eigenvalue weighted by Crippen LogP contribution is -1.90. The highest BCUT2D eigenvalue weighted by Crippen LogP contribution is 2.33. The van der Waals surface area contributed by atoms with Crippen LogP contribution in [0.5, 0.6) is 17.2 Å². The molecule has 0 amide bonds. The molecule has 0 aliphatic heterocycles. The van der Waals surface area contributed by atoms with Crippen molar-refractivity contribution in [3.63, 3.8) is 0 Å². The van der Waals surface area contributed by atoms with Gasteiger partial charge in [0.1, 0.15) is 17.2 Å². The molecule has 1 N–H and O–H groups in total.